The van der Waals surface area contributed by atoms with Gasteiger partial charge in [0.15, 0.2) is 0 Å². The minimum Gasteiger partial charge on any atom is -0.475 e. The molecular formula is C21H25F4N5O3. The summed E-state index contributed by atoms with van der Waals surface area (Å²) in [5.41, 5.74) is 1.75. The second-order valence-electron chi connectivity index (χ2n) is 8.33. The number of likely N-dealkylation sites (N-methyl/N-ethyl adjacent to an activating group) is 1. The van der Waals surface area contributed by atoms with Crippen molar-refractivity contribution in [1.82, 2.24) is 19.6 Å². The third-order valence-corrected chi connectivity index (χ3v) is 5.87. The van der Waals surface area contributed by atoms with Gasteiger partial charge < -0.3 is 10.0 Å². The fourth-order valence-electron chi connectivity index (χ4n) is 4.17. The summed E-state index contributed by atoms with van der Waals surface area (Å²) in [4.78, 5) is 27.8. The second-order valence-corrected chi connectivity index (χ2v) is 8.33. The minimum atomic E-state index is -5.08. The zero-order chi connectivity index (χ0) is 24.4. The highest BCUT2D eigenvalue weighted by Gasteiger charge is 2.47. The van der Waals surface area contributed by atoms with Crippen LogP contribution < -0.4 is 4.90 Å². The lowest BCUT2D eigenvalue weighted by Gasteiger charge is -2.47. The van der Waals surface area contributed by atoms with Gasteiger partial charge in [-0.3, -0.25) is 19.3 Å². The molecule has 2 aliphatic rings. The maximum Gasteiger partial charge on any atom is 0.490 e. The number of hydrogen-bond donors (Lipinski definition) is 1. The molecule has 1 unspecified atom stereocenters. The van der Waals surface area contributed by atoms with Gasteiger partial charge in [0.1, 0.15) is 5.82 Å². The average molecular weight is 471 g/mol. The zero-order valence-corrected chi connectivity index (χ0v) is 18.2. The van der Waals surface area contributed by atoms with Gasteiger partial charge in [-0.25, -0.2) is 9.18 Å². The molecule has 1 amide bonds. The number of likely N-dealkylation sites (tertiary alicyclic amines) is 1. The van der Waals surface area contributed by atoms with E-state index >= 15 is 0 Å². The van der Waals surface area contributed by atoms with E-state index in [-0.39, 0.29) is 17.3 Å². The summed E-state index contributed by atoms with van der Waals surface area (Å²) in [5, 5.41) is 11.4. The molecule has 2 fully saturated rings. The standard InChI is InChI=1S/C19H24FN5O.C2HF3O2/c1-22-12-18(26)25(17-5-3-4-16(20)8-17)14-19(22)6-7-24(13-19)11-15-9-21-23(2)10-15;3-2(4,5)1(6)7/h3-5,8-10H,6-7,11-14H2,1-2H3;(H,6,7). The van der Waals surface area contributed by atoms with Gasteiger partial charge in [-0.15, -0.1) is 0 Å². The number of carbonyl (C=O) groups is 2. The number of anilines is 1. The number of carboxylic acid groups (broad SMARTS) is 1. The Morgan fingerprint density at radius 3 is 2.52 bits per heavy atom. The second kappa shape index (κ2) is 9.48. The zero-order valence-electron chi connectivity index (χ0n) is 18.2. The van der Waals surface area contributed by atoms with Crippen molar-refractivity contribution in [2.75, 3.05) is 38.1 Å². The molecule has 1 N–H and O–H groups in total. The average Bonchev–Trinajstić information content (AvgIpc) is 3.31. The van der Waals surface area contributed by atoms with Gasteiger partial charge in [-0.1, -0.05) is 6.07 Å². The van der Waals surface area contributed by atoms with Crippen LogP contribution in [0.4, 0.5) is 23.2 Å². The number of nitrogens with zero attached hydrogens (tertiary/aromatic N) is 5. The van der Waals surface area contributed by atoms with Crippen LogP contribution in [0.15, 0.2) is 36.7 Å². The number of benzene rings is 1. The Bertz CT molecular complexity index is 1010. The molecule has 33 heavy (non-hydrogen) atoms. The highest BCUT2D eigenvalue weighted by Crippen LogP contribution is 2.34. The lowest BCUT2D eigenvalue weighted by atomic mass is 9.92. The van der Waals surface area contributed by atoms with E-state index in [1.54, 1.807) is 11.0 Å². The largest absolute Gasteiger partial charge is 0.490 e. The quantitative estimate of drug-likeness (QED) is 0.691. The summed E-state index contributed by atoms with van der Waals surface area (Å²) < 4.78 is 47.2. The molecule has 0 radical (unpaired) electrons. The van der Waals surface area contributed by atoms with Crippen LogP contribution in [0.5, 0.6) is 0 Å². The van der Waals surface area contributed by atoms with E-state index in [0.29, 0.717) is 18.8 Å². The molecule has 0 saturated carbocycles. The number of alkyl halides is 3. The van der Waals surface area contributed by atoms with E-state index in [1.165, 1.54) is 17.7 Å². The van der Waals surface area contributed by atoms with Gasteiger partial charge in [-0.2, -0.15) is 18.3 Å². The number of carbonyl (C=O) groups excluding carboxylic acids is 1. The van der Waals surface area contributed by atoms with Crippen molar-refractivity contribution in [3.05, 3.63) is 48.0 Å². The number of carboxylic acids is 1. The van der Waals surface area contributed by atoms with E-state index in [0.717, 1.165) is 26.1 Å². The van der Waals surface area contributed by atoms with Crippen molar-refractivity contribution in [2.45, 2.75) is 24.7 Å². The number of aliphatic carboxylic acids is 1. The van der Waals surface area contributed by atoms with Gasteiger partial charge in [0, 0.05) is 50.7 Å². The van der Waals surface area contributed by atoms with Crippen LogP contribution in [0.2, 0.25) is 0 Å². The Morgan fingerprint density at radius 2 is 1.94 bits per heavy atom. The van der Waals surface area contributed by atoms with Crippen molar-refractivity contribution in [3.8, 4) is 0 Å². The highest BCUT2D eigenvalue weighted by molar-refractivity contribution is 5.96. The predicted molar refractivity (Wildman–Crippen MR) is 111 cm³/mol. The molecule has 0 aliphatic carbocycles. The van der Waals surface area contributed by atoms with E-state index in [1.807, 2.05) is 37.2 Å². The van der Waals surface area contributed by atoms with Crippen LogP contribution in [0, 0.1) is 5.82 Å². The van der Waals surface area contributed by atoms with Crippen LogP contribution in [-0.4, -0.2) is 81.5 Å². The molecule has 2 saturated heterocycles. The van der Waals surface area contributed by atoms with Crippen molar-refractivity contribution in [3.63, 3.8) is 0 Å². The van der Waals surface area contributed by atoms with Crippen LogP contribution in [-0.2, 0) is 23.2 Å². The fourth-order valence-corrected chi connectivity index (χ4v) is 4.17. The van der Waals surface area contributed by atoms with Crippen LogP contribution in [0.25, 0.3) is 0 Å². The van der Waals surface area contributed by atoms with Gasteiger partial charge in [0.2, 0.25) is 5.91 Å². The molecule has 2 aromatic rings. The SMILES string of the molecule is CN1CC(=O)N(c2cccc(F)c2)CC12CCN(Cc1cnn(C)c1)C2.O=C(O)C(F)(F)F. The number of halogens is 4. The molecule has 0 bridgehead atoms. The van der Waals surface area contributed by atoms with Crippen molar-refractivity contribution >= 4 is 17.6 Å². The summed E-state index contributed by atoms with van der Waals surface area (Å²) >= 11 is 0. The normalized spacial score (nSPS) is 21.9. The molecule has 12 heteroatoms. The number of aryl methyl sites for hydroxylation is 1. The molecule has 3 heterocycles. The summed E-state index contributed by atoms with van der Waals surface area (Å²) in [7, 11) is 3.95. The lowest BCUT2D eigenvalue weighted by molar-refractivity contribution is -0.192. The van der Waals surface area contributed by atoms with E-state index in [9.17, 15) is 22.4 Å². The van der Waals surface area contributed by atoms with Crippen LogP contribution in [0.1, 0.15) is 12.0 Å². The van der Waals surface area contributed by atoms with E-state index in [2.05, 4.69) is 14.9 Å². The lowest BCUT2D eigenvalue weighted by Crippen LogP contribution is -2.64. The molecule has 8 nitrogen and oxygen atoms in total. The third kappa shape index (κ3) is 5.88. The molecular weight excluding hydrogens is 446 g/mol. The summed E-state index contributed by atoms with van der Waals surface area (Å²) in [6.07, 6.45) is -0.154. The number of aromatic nitrogens is 2. The maximum absolute atomic E-state index is 13.6. The first-order valence-electron chi connectivity index (χ1n) is 10.2. The number of amides is 1. The Balaban J connectivity index is 0.000000383. The van der Waals surface area contributed by atoms with E-state index < -0.39 is 12.1 Å². The third-order valence-electron chi connectivity index (χ3n) is 5.87. The smallest absolute Gasteiger partial charge is 0.475 e. The van der Waals surface area contributed by atoms with Crippen LogP contribution in [0.3, 0.4) is 0 Å². The Morgan fingerprint density at radius 1 is 1.24 bits per heavy atom. The number of hydrogen-bond acceptors (Lipinski definition) is 5. The first-order chi connectivity index (χ1) is 15.4. The minimum absolute atomic E-state index is 0.0226. The molecule has 1 atom stereocenters. The van der Waals surface area contributed by atoms with Gasteiger partial charge in [-0.05, 0) is 31.7 Å². The van der Waals surface area contributed by atoms with Gasteiger partial charge in [0.25, 0.3) is 0 Å². The topological polar surface area (TPSA) is 81.9 Å². The van der Waals surface area contributed by atoms with Crippen molar-refractivity contribution < 1.29 is 32.3 Å². The molecule has 4 rings (SSSR count). The van der Waals surface area contributed by atoms with Crippen molar-refractivity contribution in [2.24, 2.45) is 7.05 Å². The van der Waals surface area contributed by atoms with Gasteiger partial charge >= 0.3 is 12.1 Å². The predicted octanol–water partition coefficient (Wildman–Crippen LogP) is 2.12. The molecule has 2 aliphatic heterocycles. The monoisotopic (exact) mass is 471 g/mol. The molecule has 180 valence electrons. The summed E-state index contributed by atoms with van der Waals surface area (Å²) in [5.74, 6) is -3.05. The van der Waals surface area contributed by atoms with Crippen LogP contribution >= 0.6 is 0 Å². The maximum atomic E-state index is 13.6. The highest BCUT2D eigenvalue weighted by atomic mass is 19.4. The molecule has 1 spiro atoms. The molecule has 1 aromatic heterocycles. The van der Waals surface area contributed by atoms with E-state index in [4.69, 9.17) is 9.90 Å². The molecule has 1 aromatic carbocycles. The van der Waals surface area contributed by atoms with Crippen molar-refractivity contribution in [1.29, 1.82) is 0 Å². The Labute approximate surface area is 188 Å². The Hall–Kier alpha value is -2.99. The Kier molecular flexibility index (Phi) is 7.08. The first kappa shape index (κ1) is 24.6. The summed E-state index contributed by atoms with van der Waals surface area (Å²) in [6.45, 7) is 3.67. The number of piperazine rings is 1. The summed E-state index contributed by atoms with van der Waals surface area (Å²) in [6, 6.07) is 6.32. The first-order valence-corrected chi connectivity index (χ1v) is 10.2. The van der Waals surface area contributed by atoms with Gasteiger partial charge in [0.05, 0.1) is 18.3 Å². The number of rotatable bonds is 3. The fraction of sp³-hybridized carbons (Fsp3) is 0.476.